The normalized spacial score (nSPS) is 10.8. The van der Waals surface area contributed by atoms with E-state index in [9.17, 15) is 4.79 Å². The van der Waals surface area contributed by atoms with Gasteiger partial charge < -0.3 is 14.8 Å². The summed E-state index contributed by atoms with van der Waals surface area (Å²) in [5.74, 6) is 0.513. The summed E-state index contributed by atoms with van der Waals surface area (Å²) in [4.78, 5) is 11.9. The van der Waals surface area contributed by atoms with Gasteiger partial charge in [0.25, 0.3) is 0 Å². The van der Waals surface area contributed by atoms with Crippen molar-refractivity contribution in [1.82, 2.24) is 0 Å². The smallest absolute Gasteiger partial charge is 0.248 e. The molecular formula is C19H20ClNO3. The Morgan fingerprint density at radius 3 is 2.58 bits per heavy atom. The number of rotatable bonds is 8. The Morgan fingerprint density at radius 1 is 1.12 bits per heavy atom. The molecule has 0 heterocycles. The van der Waals surface area contributed by atoms with Crippen molar-refractivity contribution in [3.05, 3.63) is 65.2 Å². The van der Waals surface area contributed by atoms with E-state index in [0.29, 0.717) is 30.5 Å². The minimum absolute atomic E-state index is 0.222. The monoisotopic (exact) mass is 345 g/mol. The molecule has 1 N–H and O–H groups in total. The average Bonchev–Trinajstić information content (AvgIpc) is 2.59. The maximum Gasteiger partial charge on any atom is 0.248 e. The SMILES string of the molecule is CCOCCOc1ccc(NC(=O)/C=C/c2ccccc2Cl)cc1. The molecule has 2 aromatic rings. The molecule has 2 aromatic carbocycles. The van der Waals surface area contributed by atoms with Crippen LogP contribution in [-0.2, 0) is 9.53 Å². The summed E-state index contributed by atoms with van der Waals surface area (Å²) in [5, 5.41) is 3.39. The third-order valence-electron chi connectivity index (χ3n) is 3.14. The number of ether oxygens (including phenoxy) is 2. The van der Waals surface area contributed by atoms with Crippen LogP contribution in [-0.4, -0.2) is 25.7 Å². The number of carbonyl (C=O) groups is 1. The zero-order valence-electron chi connectivity index (χ0n) is 13.5. The summed E-state index contributed by atoms with van der Waals surface area (Å²) < 4.78 is 10.7. The van der Waals surface area contributed by atoms with Crippen LogP contribution in [0.4, 0.5) is 5.69 Å². The van der Waals surface area contributed by atoms with Gasteiger partial charge in [0.1, 0.15) is 12.4 Å². The largest absolute Gasteiger partial charge is 0.491 e. The molecule has 0 saturated heterocycles. The van der Waals surface area contributed by atoms with E-state index in [1.807, 2.05) is 25.1 Å². The highest BCUT2D eigenvalue weighted by molar-refractivity contribution is 6.32. The van der Waals surface area contributed by atoms with Crippen LogP contribution in [0.1, 0.15) is 12.5 Å². The number of anilines is 1. The second-order valence-corrected chi connectivity index (χ2v) is 5.32. The first kappa shape index (κ1) is 18.0. The number of hydrogen-bond acceptors (Lipinski definition) is 3. The van der Waals surface area contributed by atoms with Crippen molar-refractivity contribution in [2.24, 2.45) is 0 Å². The van der Waals surface area contributed by atoms with Crippen molar-refractivity contribution in [3.8, 4) is 5.75 Å². The molecule has 0 spiro atoms. The fourth-order valence-corrected chi connectivity index (χ4v) is 2.16. The van der Waals surface area contributed by atoms with Gasteiger partial charge in [-0.1, -0.05) is 29.8 Å². The van der Waals surface area contributed by atoms with E-state index in [0.717, 1.165) is 11.3 Å². The number of nitrogens with one attached hydrogen (secondary N) is 1. The second kappa shape index (κ2) is 9.75. The van der Waals surface area contributed by atoms with Gasteiger partial charge >= 0.3 is 0 Å². The molecule has 0 aliphatic carbocycles. The first-order valence-electron chi connectivity index (χ1n) is 7.73. The molecule has 0 atom stereocenters. The van der Waals surface area contributed by atoms with E-state index in [1.165, 1.54) is 6.08 Å². The Balaban J connectivity index is 1.84. The molecule has 0 bridgehead atoms. The van der Waals surface area contributed by atoms with Crippen molar-refractivity contribution in [2.45, 2.75) is 6.92 Å². The minimum atomic E-state index is -0.222. The molecule has 0 saturated carbocycles. The molecule has 4 nitrogen and oxygen atoms in total. The van der Waals surface area contributed by atoms with Gasteiger partial charge in [-0.25, -0.2) is 0 Å². The van der Waals surface area contributed by atoms with Gasteiger partial charge in [-0.05, 0) is 48.9 Å². The third kappa shape index (κ3) is 6.07. The van der Waals surface area contributed by atoms with Crippen LogP contribution in [0.2, 0.25) is 5.02 Å². The maximum atomic E-state index is 11.9. The van der Waals surface area contributed by atoms with Crippen molar-refractivity contribution in [2.75, 3.05) is 25.1 Å². The molecule has 5 heteroatoms. The molecule has 0 fully saturated rings. The third-order valence-corrected chi connectivity index (χ3v) is 3.49. The first-order chi connectivity index (χ1) is 11.7. The Morgan fingerprint density at radius 2 is 1.88 bits per heavy atom. The van der Waals surface area contributed by atoms with Crippen LogP contribution in [0, 0.1) is 0 Å². The highest BCUT2D eigenvalue weighted by Gasteiger charge is 2.00. The van der Waals surface area contributed by atoms with E-state index < -0.39 is 0 Å². The lowest BCUT2D eigenvalue weighted by molar-refractivity contribution is -0.111. The second-order valence-electron chi connectivity index (χ2n) is 4.91. The van der Waals surface area contributed by atoms with Crippen LogP contribution in [0.25, 0.3) is 6.08 Å². The van der Waals surface area contributed by atoms with Gasteiger partial charge in [0.2, 0.25) is 5.91 Å². The molecule has 126 valence electrons. The van der Waals surface area contributed by atoms with E-state index in [2.05, 4.69) is 5.32 Å². The summed E-state index contributed by atoms with van der Waals surface area (Å²) >= 11 is 6.04. The lowest BCUT2D eigenvalue weighted by Crippen LogP contribution is -2.08. The number of benzene rings is 2. The summed E-state index contributed by atoms with van der Waals surface area (Å²) in [6.07, 6.45) is 3.14. The Kier molecular flexibility index (Phi) is 7.33. The molecular weight excluding hydrogens is 326 g/mol. The first-order valence-corrected chi connectivity index (χ1v) is 8.11. The van der Waals surface area contributed by atoms with E-state index in [-0.39, 0.29) is 5.91 Å². The predicted octanol–water partition coefficient (Wildman–Crippen LogP) is 4.41. The minimum Gasteiger partial charge on any atom is -0.491 e. The van der Waals surface area contributed by atoms with Gasteiger partial charge in [0, 0.05) is 23.4 Å². The summed E-state index contributed by atoms with van der Waals surface area (Å²) in [5.41, 5.74) is 1.49. The van der Waals surface area contributed by atoms with Crippen LogP contribution >= 0.6 is 11.6 Å². The van der Waals surface area contributed by atoms with Crippen LogP contribution in [0.5, 0.6) is 5.75 Å². The molecule has 0 unspecified atom stereocenters. The quantitative estimate of drug-likeness (QED) is 0.569. The van der Waals surface area contributed by atoms with E-state index in [1.54, 1.807) is 36.4 Å². The van der Waals surface area contributed by atoms with Gasteiger partial charge in [-0.3, -0.25) is 4.79 Å². The fraction of sp³-hybridized carbons (Fsp3) is 0.211. The van der Waals surface area contributed by atoms with Gasteiger partial charge in [0.05, 0.1) is 6.61 Å². The lowest BCUT2D eigenvalue weighted by atomic mass is 10.2. The van der Waals surface area contributed by atoms with Gasteiger partial charge in [0.15, 0.2) is 0 Å². The van der Waals surface area contributed by atoms with Gasteiger partial charge in [-0.2, -0.15) is 0 Å². The highest BCUT2D eigenvalue weighted by Crippen LogP contribution is 2.17. The Hall–Kier alpha value is -2.30. The average molecular weight is 346 g/mol. The zero-order valence-corrected chi connectivity index (χ0v) is 14.3. The summed E-state index contributed by atoms with van der Waals surface area (Å²) in [7, 11) is 0. The van der Waals surface area contributed by atoms with Crippen molar-refractivity contribution < 1.29 is 14.3 Å². The predicted molar refractivity (Wildman–Crippen MR) is 97.5 cm³/mol. The van der Waals surface area contributed by atoms with Crippen LogP contribution < -0.4 is 10.1 Å². The zero-order chi connectivity index (χ0) is 17.2. The van der Waals surface area contributed by atoms with Crippen LogP contribution in [0.3, 0.4) is 0 Å². The molecule has 0 aliphatic rings. The molecule has 0 aliphatic heterocycles. The molecule has 1 amide bonds. The van der Waals surface area contributed by atoms with Crippen molar-refractivity contribution >= 4 is 29.3 Å². The molecule has 24 heavy (non-hydrogen) atoms. The number of carbonyl (C=O) groups excluding carboxylic acids is 1. The van der Waals surface area contributed by atoms with Crippen LogP contribution in [0.15, 0.2) is 54.6 Å². The summed E-state index contributed by atoms with van der Waals surface area (Å²) in [6.45, 7) is 3.68. The topological polar surface area (TPSA) is 47.6 Å². The van der Waals surface area contributed by atoms with E-state index in [4.69, 9.17) is 21.1 Å². The van der Waals surface area contributed by atoms with Gasteiger partial charge in [-0.15, -0.1) is 0 Å². The standard InChI is InChI=1S/C19H20ClNO3/c1-2-23-13-14-24-17-10-8-16(9-11-17)21-19(22)12-7-15-5-3-4-6-18(15)20/h3-12H,2,13-14H2,1H3,(H,21,22)/b12-7+. The van der Waals surface area contributed by atoms with E-state index >= 15 is 0 Å². The Bertz CT molecular complexity index is 683. The molecule has 2 rings (SSSR count). The number of amides is 1. The number of halogens is 1. The lowest BCUT2D eigenvalue weighted by Gasteiger charge is -2.07. The maximum absolute atomic E-state index is 11.9. The Labute approximate surface area is 147 Å². The fourth-order valence-electron chi connectivity index (χ4n) is 1.96. The van der Waals surface area contributed by atoms with Crippen molar-refractivity contribution in [1.29, 1.82) is 0 Å². The molecule has 0 radical (unpaired) electrons. The highest BCUT2D eigenvalue weighted by atomic mass is 35.5. The molecule has 0 aromatic heterocycles. The van der Waals surface area contributed by atoms with Crippen molar-refractivity contribution in [3.63, 3.8) is 0 Å². The number of hydrogen-bond donors (Lipinski definition) is 1. The summed E-state index contributed by atoms with van der Waals surface area (Å²) in [6, 6.07) is 14.5.